The van der Waals surface area contributed by atoms with Crippen LogP contribution in [0.1, 0.15) is 16.7 Å². The van der Waals surface area contributed by atoms with Gasteiger partial charge in [0.2, 0.25) is 0 Å². The number of benzene rings is 3. The fraction of sp³-hybridized carbons (Fsp3) is 0.143. The topological polar surface area (TPSA) is 21.3 Å². The van der Waals surface area contributed by atoms with Gasteiger partial charge in [0.25, 0.3) is 0 Å². The van der Waals surface area contributed by atoms with Crippen molar-refractivity contribution in [2.24, 2.45) is 0 Å². The molecular weight excluding hydrogens is 372 g/mol. The predicted octanol–water partition coefficient (Wildman–Crippen LogP) is 5.77. The Morgan fingerprint density at radius 3 is 2.00 bits per heavy atom. The second kappa shape index (κ2) is 10.2. The Morgan fingerprint density at radius 1 is 0.808 bits per heavy atom. The molecule has 0 amide bonds. The van der Waals surface area contributed by atoms with E-state index in [1.54, 1.807) is 12.1 Å². The Hall–Kier alpha value is -2.07. The molecule has 3 rings (SSSR count). The summed E-state index contributed by atoms with van der Waals surface area (Å²) in [5.41, 5.74) is 3.18. The Kier molecular flexibility index (Phi) is 7.92. The molecule has 0 aliphatic rings. The monoisotopic (exact) mass is 391 g/mol. The van der Waals surface area contributed by atoms with Crippen molar-refractivity contribution in [2.45, 2.75) is 19.7 Å². The van der Waals surface area contributed by atoms with E-state index in [9.17, 15) is 4.39 Å². The second-order valence-electron chi connectivity index (χ2n) is 5.75. The van der Waals surface area contributed by atoms with Crippen molar-refractivity contribution in [1.29, 1.82) is 0 Å². The minimum Gasteiger partial charge on any atom is -0.489 e. The molecule has 0 bridgehead atoms. The van der Waals surface area contributed by atoms with Gasteiger partial charge in [-0.15, -0.1) is 12.4 Å². The number of ether oxygens (including phenoxy) is 1. The highest BCUT2D eigenvalue weighted by Crippen LogP contribution is 2.19. The van der Waals surface area contributed by atoms with Crippen LogP contribution in [0.4, 0.5) is 4.39 Å². The molecule has 136 valence electrons. The lowest BCUT2D eigenvalue weighted by Crippen LogP contribution is -2.12. The van der Waals surface area contributed by atoms with Crippen LogP contribution in [0, 0.1) is 5.82 Å². The summed E-state index contributed by atoms with van der Waals surface area (Å²) in [5, 5.41) is 4.05. The minimum atomic E-state index is -0.212. The lowest BCUT2D eigenvalue weighted by molar-refractivity contribution is 0.306. The molecule has 0 aliphatic carbocycles. The van der Waals surface area contributed by atoms with Gasteiger partial charge in [0.15, 0.2) is 0 Å². The molecule has 0 spiro atoms. The quantitative estimate of drug-likeness (QED) is 0.551. The third kappa shape index (κ3) is 6.03. The molecule has 3 aromatic rings. The summed E-state index contributed by atoms with van der Waals surface area (Å²) in [6.07, 6.45) is 0. The fourth-order valence-electron chi connectivity index (χ4n) is 2.43. The maximum atomic E-state index is 12.9. The van der Waals surface area contributed by atoms with Gasteiger partial charge in [-0.2, -0.15) is 0 Å². The molecule has 0 fully saturated rings. The van der Waals surface area contributed by atoms with Crippen LogP contribution >= 0.6 is 24.0 Å². The van der Waals surface area contributed by atoms with Crippen molar-refractivity contribution in [1.82, 2.24) is 5.32 Å². The van der Waals surface area contributed by atoms with E-state index in [2.05, 4.69) is 5.32 Å². The molecule has 26 heavy (non-hydrogen) atoms. The van der Waals surface area contributed by atoms with E-state index in [1.807, 2.05) is 48.5 Å². The molecule has 0 saturated heterocycles. The second-order valence-corrected chi connectivity index (χ2v) is 6.16. The molecule has 5 heteroatoms. The van der Waals surface area contributed by atoms with E-state index in [1.165, 1.54) is 12.1 Å². The summed E-state index contributed by atoms with van der Waals surface area (Å²) in [4.78, 5) is 0. The normalized spacial score (nSPS) is 10.2. The van der Waals surface area contributed by atoms with E-state index in [0.717, 1.165) is 29.0 Å². The molecule has 0 aliphatic heterocycles. The molecular formula is C21H20Cl2FNO. The van der Waals surface area contributed by atoms with Gasteiger partial charge in [-0.3, -0.25) is 0 Å². The van der Waals surface area contributed by atoms with Crippen LogP contribution in [-0.2, 0) is 19.7 Å². The summed E-state index contributed by atoms with van der Waals surface area (Å²) in [5.74, 6) is 0.596. The van der Waals surface area contributed by atoms with Crippen molar-refractivity contribution in [3.63, 3.8) is 0 Å². The highest BCUT2D eigenvalue weighted by Gasteiger charge is 2.01. The summed E-state index contributed by atoms with van der Waals surface area (Å²) in [6, 6.07) is 22.1. The van der Waals surface area contributed by atoms with Crippen LogP contribution in [0.2, 0.25) is 5.02 Å². The van der Waals surface area contributed by atoms with Crippen molar-refractivity contribution in [3.8, 4) is 5.75 Å². The van der Waals surface area contributed by atoms with Crippen LogP contribution in [0.15, 0.2) is 72.8 Å². The zero-order valence-corrected chi connectivity index (χ0v) is 15.7. The Bertz CT molecular complexity index is 807. The van der Waals surface area contributed by atoms with E-state index < -0.39 is 0 Å². The fourth-order valence-corrected chi connectivity index (χ4v) is 2.62. The summed E-state index contributed by atoms with van der Waals surface area (Å²) in [7, 11) is 0. The summed E-state index contributed by atoms with van der Waals surface area (Å²) < 4.78 is 18.6. The van der Waals surface area contributed by atoms with Gasteiger partial charge in [0.05, 0.1) is 0 Å². The molecule has 1 N–H and O–H groups in total. The molecule has 2 nitrogen and oxygen atoms in total. The van der Waals surface area contributed by atoms with E-state index >= 15 is 0 Å². The van der Waals surface area contributed by atoms with Crippen LogP contribution < -0.4 is 10.1 Å². The van der Waals surface area contributed by atoms with Crippen molar-refractivity contribution >= 4 is 24.0 Å². The van der Waals surface area contributed by atoms with Gasteiger partial charge in [0.1, 0.15) is 18.2 Å². The smallest absolute Gasteiger partial charge is 0.123 e. The maximum Gasteiger partial charge on any atom is 0.123 e. The van der Waals surface area contributed by atoms with Gasteiger partial charge in [-0.1, -0.05) is 54.1 Å². The number of hydrogen-bond donors (Lipinski definition) is 1. The number of rotatable bonds is 7. The van der Waals surface area contributed by atoms with Gasteiger partial charge < -0.3 is 10.1 Å². The molecule has 0 heterocycles. The van der Waals surface area contributed by atoms with E-state index in [-0.39, 0.29) is 18.2 Å². The third-order valence-corrected chi connectivity index (χ3v) is 4.22. The first-order valence-electron chi connectivity index (χ1n) is 8.11. The first-order valence-corrected chi connectivity index (χ1v) is 8.49. The Labute approximate surface area is 164 Å². The van der Waals surface area contributed by atoms with Crippen LogP contribution in [0.3, 0.4) is 0 Å². The number of hydrogen-bond acceptors (Lipinski definition) is 2. The zero-order chi connectivity index (χ0) is 17.5. The first-order chi connectivity index (χ1) is 12.2. The highest BCUT2D eigenvalue weighted by molar-refractivity contribution is 6.31. The Balaban J connectivity index is 0.00000243. The van der Waals surface area contributed by atoms with Crippen LogP contribution in [0.5, 0.6) is 5.75 Å². The highest BCUT2D eigenvalue weighted by atomic mass is 35.5. The Morgan fingerprint density at radius 2 is 1.38 bits per heavy atom. The summed E-state index contributed by atoms with van der Waals surface area (Å²) in [6.45, 7) is 1.88. The van der Waals surface area contributed by atoms with Gasteiger partial charge in [-0.05, 0) is 41.5 Å². The molecule has 0 unspecified atom stereocenters. The lowest BCUT2D eigenvalue weighted by atomic mass is 10.2. The SMILES string of the molecule is Cl.Fc1ccc(CNCc2ccc(OCc3ccccc3Cl)cc2)cc1. The molecule has 0 radical (unpaired) electrons. The van der Waals surface area contributed by atoms with Crippen molar-refractivity contribution < 1.29 is 9.13 Å². The zero-order valence-electron chi connectivity index (χ0n) is 14.1. The van der Waals surface area contributed by atoms with Gasteiger partial charge >= 0.3 is 0 Å². The largest absolute Gasteiger partial charge is 0.489 e. The average Bonchev–Trinajstić information content (AvgIpc) is 2.64. The molecule has 0 aromatic heterocycles. The van der Waals surface area contributed by atoms with Crippen molar-refractivity contribution in [2.75, 3.05) is 0 Å². The van der Waals surface area contributed by atoms with E-state index in [4.69, 9.17) is 16.3 Å². The first kappa shape index (κ1) is 20.2. The third-order valence-electron chi connectivity index (χ3n) is 3.85. The van der Waals surface area contributed by atoms with Gasteiger partial charge in [0, 0.05) is 23.7 Å². The number of nitrogens with one attached hydrogen (secondary N) is 1. The summed E-state index contributed by atoms with van der Waals surface area (Å²) >= 11 is 6.12. The van der Waals surface area contributed by atoms with Crippen LogP contribution in [0.25, 0.3) is 0 Å². The maximum absolute atomic E-state index is 12.9. The van der Waals surface area contributed by atoms with Crippen molar-refractivity contribution in [3.05, 3.63) is 100 Å². The minimum absolute atomic E-state index is 0. The average molecular weight is 392 g/mol. The molecule has 3 aromatic carbocycles. The standard InChI is InChI=1S/C21H19ClFNO.ClH/c22-21-4-2-1-3-18(21)15-25-20-11-7-17(8-12-20)14-24-13-16-5-9-19(23)10-6-16;/h1-12,24H,13-15H2;1H. The molecule has 0 saturated carbocycles. The molecule has 0 atom stereocenters. The van der Waals surface area contributed by atoms with E-state index in [0.29, 0.717) is 18.2 Å². The van der Waals surface area contributed by atoms with Crippen LogP contribution in [-0.4, -0.2) is 0 Å². The predicted molar refractivity (Wildman–Crippen MR) is 106 cm³/mol. The van der Waals surface area contributed by atoms with Gasteiger partial charge in [-0.25, -0.2) is 4.39 Å². The number of halogens is 3. The lowest BCUT2D eigenvalue weighted by Gasteiger charge is -2.09.